The molecule has 1 unspecified atom stereocenters. The van der Waals surface area contributed by atoms with Crippen LogP contribution < -0.4 is 0 Å². The number of benzene rings is 2. The van der Waals surface area contributed by atoms with Gasteiger partial charge in [0, 0.05) is 18.7 Å². The third kappa shape index (κ3) is 3.03. The van der Waals surface area contributed by atoms with E-state index in [1.807, 2.05) is 47.6 Å². The summed E-state index contributed by atoms with van der Waals surface area (Å²) in [6.45, 7) is 1.40. The van der Waals surface area contributed by atoms with Gasteiger partial charge in [0.25, 0.3) is 5.91 Å². The standard InChI is InChI=1S/C20H21N3O2/c24-13-15-5-3-6-16(11-15)20(25)22-10-4-7-17(12-22)23-14-21-18-8-1-2-9-19(18)23/h1-3,5-6,8-9,11,14,17,24H,4,7,10,12-13H2. The SMILES string of the molecule is O=C(c1cccc(CO)c1)N1CCCC(n2cnc3ccccc32)C1. The lowest BCUT2D eigenvalue weighted by atomic mass is 10.0. The second-order valence-corrected chi connectivity index (χ2v) is 6.55. The minimum atomic E-state index is -0.0508. The molecule has 2 heterocycles. The average molecular weight is 335 g/mol. The fourth-order valence-electron chi connectivity index (χ4n) is 3.62. The number of fused-ring (bicyclic) bond motifs is 1. The zero-order valence-electron chi connectivity index (χ0n) is 14.0. The molecule has 1 N–H and O–H groups in total. The molecular weight excluding hydrogens is 314 g/mol. The summed E-state index contributed by atoms with van der Waals surface area (Å²) in [7, 11) is 0. The number of aromatic nitrogens is 2. The molecule has 0 saturated carbocycles. The number of hydrogen-bond donors (Lipinski definition) is 1. The quantitative estimate of drug-likeness (QED) is 0.800. The Bertz CT molecular complexity index is 903. The summed E-state index contributed by atoms with van der Waals surface area (Å²) in [5.41, 5.74) is 3.51. The normalized spacial score (nSPS) is 17.8. The first kappa shape index (κ1) is 15.8. The zero-order valence-corrected chi connectivity index (χ0v) is 14.0. The van der Waals surface area contributed by atoms with Gasteiger partial charge in [-0.2, -0.15) is 0 Å². The minimum absolute atomic E-state index is 0.0319. The molecule has 0 spiro atoms. The summed E-state index contributed by atoms with van der Waals surface area (Å²) >= 11 is 0. The molecule has 0 aliphatic carbocycles. The highest BCUT2D eigenvalue weighted by Gasteiger charge is 2.26. The van der Waals surface area contributed by atoms with E-state index in [-0.39, 0.29) is 18.6 Å². The van der Waals surface area contributed by atoms with E-state index in [0.29, 0.717) is 12.1 Å². The summed E-state index contributed by atoms with van der Waals surface area (Å²) in [5.74, 6) is 0.0319. The number of amides is 1. The molecule has 1 aliphatic rings. The van der Waals surface area contributed by atoms with Crippen molar-refractivity contribution in [1.82, 2.24) is 14.5 Å². The number of para-hydroxylation sites is 2. The molecular formula is C20H21N3O2. The predicted molar refractivity (Wildman–Crippen MR) is 96.3 cm³/mol. The summed E-state index contributed by atoms with van der Waals surface area (Å²) in [6.07, 6.45) is 3.90. The van der Waals surface area contributed by atoms with Crippen LogP contribution in [0.2, 0.25) is 0 Å². The second-order valence-electron chi connectivity index (χ2n) is 6.55. The van der Waals surface area contributed by atoms with E-state index >= 15 is 0 Å². The Kier molecular flexibility index (Phi) is 4.24. The van der Waals surface area contributed by atoms with Gasteiger partial charge in [0.05, 0.1) is 30.0 Å². The maximum absolute atomic E-state index is 12.9. The highest BCUT2D eigenvalue weighted by atomic mass is 16.3. The van der Waals surface area contributed by atoms with E-state index in [1.54, 1.807) is 6.07 Å². The van der Waals surface area contributed by atoms with Crippen LogP contribution in [0.15, 0.2) is 54.9 Å². The number of rotatable bonds is 3. The highest BCUT2D eigenvalue weighted by molar-refractivity contribution is 5.94. The van der Waals surface area contributed by atoms with Gasteiger partial charge in [-0.3, -0.25) is 4.79 Å². The molecule has 1 amide bonds. The largest absolute Gasteiger partial charge is 0.392 e. The summed E-state index contributed by atoms with van der Waals surface area (Å²) in [4.78, 5) is 19.3. The monoisotopic (exact) mass is 335 g/mol. The van der Waals surface area contributed by atoms with Gasteiger partial charge in [-0.05, 0) is 42.7 Å². The number of likely N-dealkylation sites (tertiary alicyclic amines) is 1. The molecule has 3 aromatic rings. The molecule has 1 aromatic heterocycles. The first-order chi connectivity index (χ1) is 12.3. The van der Waals surface area contributed by atoms with Crippen LogP contribution in [0, 0.1) is 0 Å². The van der Waals surface area contributed by atoms with Crippen LogP contribution in [0.1, 0.15) is 34.8 Å². The Balaban J connectivity index is 1.57. The Morgan fingerprint density at radius 2 is 2.08 bits per heavy atom. The smallest absolute Gasteiger partial charge is 0.253 e. The van der Waals surface area contributed by atoms with E-state index < -0.39 is 0 Å². The zero-order chi connectivity index (χ0) is 17.2. The van der Waals surface area contributed by atoms with E-state index in [4.69, 9.17) is 0 Å². The second kappa shape index (κ2) is 6.69. The Morgan fingerprint density at radius 1 is 1.20 bits per heavy atom. The fourth-order valence-corrected chi connectivity index (χ4v) is 3.62. The number of carbonyl (C=O) groups excluding carboxylic acids is 1. The lowest BCUT2D eigenvalue weighted by Gasteiger charge is -2.33. The summed E-state index contributed by atoms with van der Waals surface area (Å²) in [6, 6.07) is 15.6. The number of carbonyl (C=O) groups is 1. The molecule has 0 bridgehead atoms. The number of nitrogens with zero attached hydrogens (tertiary/aromatic N) is 3. The molecule has 4 rings (SSSR count). The van der Waals surface area contributed by atoms with Gasteiger partial charge in [-0.1, -0.05) is 24.3 Å². The van der Waals surface area contributed by atoms with Crippen LogP contribution in [0.3, 0.4) is 0 Å². The van der Waals surface area contributed by atoms with E-state index in [9.17, 15) is 9.90 Å². The Hall–Kier alpha value is -2.66. The molecule has 1 atom stereocenters. The number of imidazole rings is 1. The van der Waals surface area contributed by atoms with Crippen LogP contribution in [-0.2, 0) is 6.61 Å². The maximum Gasteiger partial charge on any atom is 0.253 e. The van der Waals surface area contributed by atoms with Gasteiger partial charge in [0.2, 0.25) is 0 Å². The van der Waals surface area contributed by atoms with Gasteiger partial charge in [0.15, 0.2) is 0 Å². The molecule has 1 aliphatic heterocycles. The summed E-state index contributed by atoms with van der Waals surface area (Å²) in [5, 5.41) is 9.29. The average Bonchev–Trinajstić information content (AvgIpc) is 3.12. The molecule has 5 nitrogen and oxygen atoms in total. The number of hydrogen-bond acceptors (Lipinski definition) is 3. The lowest BCUT2D eigenvalue weighted by Crippen LogP contribution is -2.40. The van der Waals surface area contributed by atoms with Crippen molar-refractivity contribution in [1.29, 1.82) is 0 Å². The third-order valence-corrected chi connectivity index (χ3v) is 4.91. The molecule has 1 fully saturated rings. The number of aliphatic hydroxyl groups excluding tert-OH is 1. The van der Waals surface area contributed by atoms with Gasteiger partial charge in [-0.25, -0.2) is 4.98 Å². The molecule has 2 aromatic carbocycles. The van der Waals surface area contributed by atoms with Crippen LogP contribution in [0.4, 0.5) is 0 Å². The minimum Gasteiger partial charge on any atom is -0.392 e. The molecule has 25 heavy (non-hydrogen) atoms. The Morgan fingerprint density at radius 3 is 2.96 bits per heavy atom. The summed E-state index contributed by atoms with van der Waals surface area (Å²) < 4.78 is 2.19. The van der Waals surface area contributed by atoms with Crippen molar-refractivity contribution < 1.29 is 9.90 Å². The topological polar surface area (TPSA) is 58.4 Å². The van der Waals surface area contributed by atoms with Gasteiger partial charge >= 0.3 is 0 Å². The first-order valence-electron chi connectivity index (χ1n) is 8.67. The van der Waals surface area contributed by atoms with Crippen molar-refractivity contribution in [2.75, 3.05) is 13.1 Å². The van der Waals surface area contributed by atoms with E-state index in [0.717, 1.165) is 36.0 Å². The predicted octanol–water partition coefficient (Wildman–Crippen LogP) is 3.01. The van der Waals surface area contributed by atoms with E-state index in [2.05, 4.69) is 15.6 Å². The molecule has 1 saturated heterocycles. The van der Waals surface area contributed by atoms with Gasteiger partial charge in [0.1, 0.15) is 0 Å². The van der Waals surface area contributed by atoms with Gasteiger partial charge in [-0.15, -0.1) is 0 Å². The Labute approximate surface area is 146 Å². The first-order valence-corrected chi connectivity index (χ1v) is 8.67. The van der Waals surface area contributed by atoms with Crippen LogP contribution in [0.25, 0.3) is 11.0 Å². The molecule has 0 radical (unpaired) electrons. The van der Waals surface area contributed by atoms with Crippen molar-refractivity contribution in [3.8, 4) is 0 Å². The van der Waals surface area contributed by atoms with E-state index in [1.165, 1.54) is 0 Å². The van der Waals surface area contributed by atoms with Crippen LogP contribution >= 0.6 is 0 Å². The van der Waals surface area contributed by atoms with Crippen LogP contribution in [-0.4, -0.2) is 38.6 Å². The maximum atomic E-state index is 12.9. The van der Waals surface area contributed by atoms with Crippen LogP contribution in [0.5, 0.6) is 0 Å². The number of piperidine rings is 1. The van der Waals surface area contributed by atoms with Crippen molar-refractivity contribution in [3.63, 3.8) is 0 Å². The van der Waals surface area contributed by atoms with Crippen molar-refractivity contribution in [2.45, 2.75) is 25.5 Å². The van der Waals surface area contributed by atoms with Gasteiger partial charge < -0.3 is 14.6 Å². The third-order valence-electron chi connectivity index (χ3n) is 4.91. The number of aliphatic hydroxyl groups is 1. The lowest BCUT2D eigenvalue weighted by molar-refractivity contribution is 0.0681. The molecule has 128 valence electrons. The van der Waals surface area contributed by atoms with Crippen molar-refractivity contribution >= 4 is 16.9 Å². The fraction of sp³-hybridized carbons (Fsp3) is 0.300. The highest BCUT2D eigenvalue weighted by Crippen LogP contribution is 2.26. The van der Waals surface area contributed by atoms with Crippen molar-refractivity contribution in [2.24, 2.45) is 0 Å². The molecule has 5 heteroatoms. The van der Waals surface area contributed by atoms with Crippen molar-refractivity contribution in [3.05, 3.63) is 66.0 Å².